The summed E-state index contributed by atoms with van der Waals surface area (Å²) in [6.07, 6.45) is 0.665. The van der Waals surface area contributed by atoms with Gasteiger partial charge in [0, 0.05) is 57.4 Å². The Balaban J connectivity index is 1.53. The molecule has 1 aliphatic heterocycles. The van der Waals surface area contributed by atoms with Crippen LogP contribution in [0.1, 0.15) is 43.6 Å². The van der Waals surface area contributed by atoms with E-state index in [0.29, 0.717) is 23.5 Å². The number of carbonyl (C=O) groups is 2. The molecule has 0 saturated heterocycles. The molecule has 0 aliphatic carbocycles. The number of carbonyl (C=O) groups excluding carboxylic acids is 2. The third-order valence-electron chi connectivity index (χ3n) is 6.94. The summed E-state index contributed by atoms with van der Waals surface area (Å²) in [6, 6.07) is 15.9. The Kier molecular flexibility index (Phi) is 11.2. The van der Waals surface area contributed by atoms with E-state index in [1.54, 1.807) is 6.92 Å². The smallest absolute Gasteiger partial charge is 0.341 e. The Labute approximate surface area is 251 Å². The van der Waals surface area contributed by atoms with Gasteiger partial charge in [0.25, 0.3) is 5.91 Å². The highest BCUT2D eigenvalue weighted by Gasteiger charge is 2.30. The van der Waals surface area contributed by atoms with Crippen molar-refractivity contribution in [3.8, 4) is 0 Å². The highest BCUT2D eigenvalue weighted by atomic mass is 32.2. The highest BCUT2D eigenvalue weighted by molar-refractivity contribution is 7.89. The fourth-order valence-corrected chi connectivity index (χ4v) is 7.46. The summed E-state index contributed by atoms with van der Waals surface area (Å²) < 4.78 is 43.2. The van der Waals surface area contributed by atoms with Crippen LogP contribution in [0.15, 0.2) is 59.5 Å². The van der Waals surface area contributed by atoms with Crippen molar-refractivity contribution >= 4 is 38.2 Å². The third-order valence-corrected chi connectivity index (χ3v) is 9.98. The highest BCUT2D eigenvalue weighted by Crippen LogP contribution is 2.38. The standard InChI is InChI=1S/C30H37N3O7S2/c1-4-40-30(35)27-25-14-15-32(20-22-8-6-5-7-9-22)21-26(25)41-29(27)31-28(34)23-10-12-24(13-11-23)42(36,37)33(16-18-38-2)17-19-39-3/h5-13H,4,14-21H2,1-3H3,(H,31,34). The van der Waals surface area contributed by atoms with Crippen LogP contribution in [0.4, 0.5) is 5.00 Å². The molecule has 1 aliphatic rings. The number of esters is 1. The van der Waals surface area contributed by atoms with Crippen molar-refractivity contribution in [3.05, 3.63) is 81.7 Å². The third kappa shape index (κ3) is 7.63. The van der Waals surface area contributed by atoms with Crippen molar-refractivity contribution in [2.45, 2.75) is 31.3 Å². The zero-order valence-corrected chi connectivity index (χ0v) is 25.8. The number of nitrogens with zero attached hydrogens (tertiary/aromatic N) is 2. The molecule has 10 nitrogen and oxygen atoms in total. The number of sulfonamides is 1. The average Bonchev–Trinajstić information content (AvgIpc) is 3.34. The normalized spacial score (nSPS) is 13.6. The lowest BCUT2D eigenvalue weighted by molar-refractivity contribution is 0.0526. The molecule has 226 valence electrons. The summed E-state index contributed by atoms with van der Waals surface area (Å²) in [7, 11) is -0.810. The molecule has 2 heterocycles. The summed E-state index contributed by atoms with van der Waals surface area (Å²) >= 11 is 1.38. The minimum absolute atomic E-state index is 0.0589. The number of hydrogen-bond donors (Lipinski definition) is 1. The zero-order valence-electron chi connectivity index (χ0n) is 24.1. The second-order valence-corrected chi connectivity index (χ2v) is 12.8. The van der Waals surface area contributed by atoms with Crippen LogP contribution in [0.25, 0.3) is 0 Å². The molecule has 2 aromatic carbocycles. The van der Waals surface area contributed by atoms with Gasteiger partial charge < -0.3 is 19.5 Å². The van der Waals surface area contributed by atoms with E-state index in [1.165, 1.54) is 59.7 Å². The fraction of sp³-hybridized carbons (Fsp3) is 0.400. The van der Waals surface area contributed by atoms with Crippen LogP contribution >= 0.6 is 11.3 Å². The minimum atomic E-state index is -3.82. The van der Waals surface area contributed by atoms with E-state index in [-0.39, 0.29) is 43.4 Å². The van der Waals surface area contributed by atoms with Gasteiger partial charge in [-0.3, -0.25) is 9.69 Å². The number of hydrogen-bond acceptors (Lipinski definition) is 9. The van der Waals surface area contributed by atoms with Crippen molar-refractivity contribution in [2.24, 2.45) is 0 Å². The molecule has 1 aromatic heterocycles. The first-order valence-corrected chi connectivity index (χ1v) is 16.0. The van der Waals surface area contributed by atoms with E-state index in [9.17, 15) is 18.0 Å². The fourth-order valence-electron chi connectivity index (χ4n) is 4.78. The lowest BCUT2D eigenvalue weighted by atomic mass is 10.0. The second kappa shape index (κ2) is 14.9. The van der Waals surface area contributed by atoms with Crippen molar-refractivity contribution < 1.29 is 32.2 Å². The van der Waals surface area contributed by atoms with Gasteiger partial charge in [0.05, 0.1) is 30.3 Å². The Bertz CT molecular complexity index is 1450. The van der Waals surface area contributed by atoms with Crippen LogP contribution in [0.2, 0.25) is 0 Å². The number of fused-ring (bicyclic) bond motifs is 1. The molecule has 0 radical (unpaired) electrons. The summed E-state index contributed by atoms with van der Waals surface area (Å²) in [5.74, 6) is -0.907. The first kappa shape index (κ1) is 31.8. The maximum atomic E-state index is 13.3. The van der Waals surface area contributed by atoms with Crippen LogP contribution < -0.4 is 5.32 Å². The second-order valence-electron chi connectivity index (χ2n) is 9.74. The van der Waals surface area contributed by atoms with Gasteiger partial charge in [-0.2, -0.15) is 4.31 Å². The molecule has 0 atom stereocenters. The van der Waals surface area contributed by atoms with Crippen molar-refractivity contribution in [1.29, 1.82) is 0 Å². The summed E-state index contributed by atoms with van der Waals surface area (Å²) in [5, 5.41) is 3.33. The SMILES string of the molecule is CCOC(=O)c1c(NC(=O)c2ccc(S(=O)(=O)N(CCOC)CCOC)cc2)sc2c1CCN(Cc1ccccc1)C2. The van der Waals surface area contributed by atoms with E-state index in [4.69, 9.17) is 14.2 Å². The van der Waals surface area contributed by atoms with E-state index in [2.05, 4.69) is 22.3 Å². The zero-order chi connectivity index (χ0) is 30.1. The molecule has 12 heteroatoms. The molecule has 0 fully saturated rings. The topological polar surface area (TPSA) is 114 Å². The number of anilines is 1. The molecule has 1 N–H and O–H groups in total. The average molecular weight is 616 g/mol. The van der Waals surface area contributed by atoms with Crippen LogP contribution in [0.3, 0.4) is 0 Å². The van der Waals surface area contributed by atoms with E-state index < -0.39 is 21.9 Å². The van der Waals surface area contributed by atoms with Gasteiger partial charge in [-0.15, -0.1) is 11.3 Å². The number of amides is 1. The van der Waals surface area contributed by atoms with Gasteiger partial charge in [-0.05, 0) is 48.7 Å². The lowest BCUT2D eigenvalue weighted by Gasteiger charge is -2.27. The molecule has 4 rings (SSSR count). The maximum Gasteiger partial charge on any atom is 0.341 e. The number of thiophene rings is 1. The molecular formula is C30H37N3O7S2. The number of ether oxygens (including phenoxy) is 3. The van der Waals surface area contributed by atoms with Crippen LogP contribution in [0, 0.1) is 0 Å². The van der Waals surface area contributed by atoms with Gasteiger partial charge in [0.1, 0.15) is 5.00 Å². The molecule has 0 bridgehead atoms. The van der Waals surface area contributed by atoms with Crippen LogP contribution in [-0.2, 0) is 43.7 Å². The van der Waals surface area contributed by atoms with Gasteiger partial charge in [-0.25, -0.2) is 13.2 Å². The Morgan fingerprint density at radius 3 is 2.29 bits per heavy atom. The first-order valence-electron chi connectivity index (χ1n) is 13.8. The maximum absolute atomic E-state index is 13.3. The Morgan fingerprint density at radius 2 is 1.67 bits per heavy atom. The van der Waals surface area contributed by atoms with Gasteiger partial charge in [0.2, 0.25) is 10.0 Å². The largest absolute Gasteiger partial charge is 0.462 e. The lowest BCUT2D eigenvalue weighted by Crippen LogP contribution is -2.36. The minimum Gasteiger partial charge on any atom is -0.462 e. The predicted octanol–water partition coefficient (Wildman–Crippen LogP) is 4.02. The van der Waals surface area contributed by atoms with Gasteiger partial charge in [-0.1, -0.05) is 30.3 Å². The van der Waals surface area contributed by atoms with Crippen molar-refractivity contribution in [1.82, 2.24) is 9.21 Å². The molecule has 0 spiro atoms. The van der Waals surface area contributed by atoms with Gasteiger partial charge >= 0.3 is 5.97 Å². The van der Waals surface area contributed by atoms with E-state index in [0.717, 1.165) is 23.5 Å². The van der Waals surface area contributed by atoms with E-state index in [1.807, 2.05) is 18.2 Å². The summed E-state index contributed by atoms with van der Waals surface area (Å²) in [5.41, 5.74) is 2.78. The summed E-state index contributed by atoms with van der Waals surface area (Å²) in [4.78, 5) is 29.7. The number of methoxy groups -OCH3 is 2. The van der Waals surface area contributed by atoms with Gasteiger partial charge in [0.15, 0.2) is 0 Å². The first-order chi connectivity index (χ1) is 20.3. The quantitative estimate of drug-likeness (QED) is 0.271. The number of nitrogens with one attached hydrogen (secondary N) is 1. The molecular weight excluding hydrogens is 578 g/mol. The Hall–Kier alpha value is -3.13. The predicted molar refractivity (Wildman–Crippen MR) is 161 cm³/mol. The number of benzene rings is 2. The van der Waals surface area contributed by atoms with E-state index >= 15 is 0 Å². The summed E-state index contributed by atoms with van der Waals surface area (Å²) in [6.45, 7) is 5.02. The number of rotatable bonds is 14. The van der Waals surface area contributed by atoms with Crippen molar-refractivity contribution in [2.75, 3.05) is 59.0 Å². The van der Waals surface area contributed by atoms with Crippen LogP contribution in [0.5, 0.6) is 0 Å². The monoisotopic (exact) mass is 615 g/mol. The molecule has 42 heavy (non-hydrogen) atoms. The van der Waals surface area contributed by atoms with Crippen molar-refractivity contribution in [3.63, 3.8) is 0 Å². The molecule has 0 unspecified atom stereocenters. The molecule has 1 amide bonds. The molecule has 0 saturated carbocycles. The molecule has 3 aromatic rings. The Morgan fingerprint density at radius 1 is 1.00 bits per heavy atom. The van der Waals surface area contributed by atoms with Crippen LogP contribution in [-0.4, -0.2) is 83.2 Å².